The molecule has 0 radical (unpaired) electrons. The Bertz CT molecular complexity index is 245. The monoisotopic (exact) mass is 194 g/mol. The zero-order valence-corrected chi connectivity index (χ0v) is 8.74. The molecule has 14 heavy (non-hydrogen) atoms. The van der Waals surface area contributed by atoms with E-state index in [9.17, 15) is 4.79 Å². The molecule has 1 saturated carbocycles. The van der Waals surface area contributed by atoms with E-state index in [1.807, 2.05) is 0 Å². The Kier molecular flexibility index (Phi) is 2.90. The maximum absolute atomic E-state index is 10.8. The maximum atomic E-state index is 10.8. The van der Waals surface area contributed by atoms with Crippen molar-refractivity contribution >= 4 is 5.97 Å². The van der Waals surface area contributed by atoms with Gasteiger partial charge in [-0.25, -0.2) is 0 Å². The first-order valence-corrected chi connectivity index (χ1v) is 5.61. The highest BCUT2D eigenvalue weighted by Gasteiger charge is 2.29. The molecule has 3 atom stereocenters. The minimum absolute atomic E-state index is 0.0480. The lowest BCUT2D eigenvalue weighted by Gasteiger charge is -2.34. The Morgan fingerprint density at radius 2 is 2.07 bits per heavy atom. The third-order valence-corrected chi connectivity index (χ3v) is 3.39. The molecule has 0 aromatic carbocycles. The molecular formula is C12H18O2. The zero-order valence-electron chi connectivity index (χ0n) is 8.74. The van der Waals surface area contributed by atoms with Crippen LogP contribution in [0.1, 0.15) is 39.0 Å². The number of allylic oxidation sites excluding steroid dienone is 1. The molecule has 0 spiro atoms. The van der Waals surface area contributed by atoms with Gasteiger partial charge in [-0.2, -0.15) is 0 Å². The summed E-state index contributed by atoms with van der Waals surface area (Å²) in [6.07, 6.45) is 10.8. The first kappa shape index (κ1) is 9.75. The van der Waals surface area contributed by atoms with E-state index in [2.05, 4.69) is 12.2 Å². The number of hydrogen-bond acceptors (Lipinski definition) is 2. The van der Waals surface area contributed by atoms with Gasteiger partial charge in [0.05, 0.1) is 0 Å². The third kappa shape index (κ3) is 2.17. The van der Waals surface area contributed by atoms with Crippen LogP contribution in [0, 0.1) is 11.8 Å². The SMILES string of the molecule is CC(=O)OC1C=CC2CCCCC2C1. The van der Waals surface area contributed by atoms with Gasteiger partial charge in [0.25, 0.3) is 0 Å². The summed E-state index contributed by atoms with van der Waals surface area (Å²) in [6, 6.07) is 0. The van der Waals surface area contributed by atoms with Crippen molar-refractivity contribution in [1.82, 2.24) is 0 Å². The van der Waals surface area contributed by atoms with Crippen molar-refractivity contribution in [3.05, 3.63) is 12.2 Å². The summed E-state index contributed by atoms with van der Waals surface area (Å²) in [5, 5.41) is 0. The number of esters is 1. The molecule has 78 valence electrons. The van der Waals surface area contributed by atoms with Gasteiger partial charge < -0.3 is 4.74 Å². The van der Waals surface area contributed by atoms with Crippen LogP contribution >= 0.6 is 0 Å². The van der Waals surface area contributed by atoms with Gasteiger partial charge in [0.15, 0.2) is 0 Å². The lowest BCUT2D eigenvalue weighted by Crippen LogP contribution is -2.28. The number of carbonyl (C=O) groups is 1. The van der Waals surface area contributed by atoms with E-state index in [0.717, 1.165) is 18.3 Å². The molecule has 3 unspecified atom stereocenters. The van der Waals surface area contributed by atoms with Crippen molar-refractivity contribution in [2.45, 2.75) is 45.1 Å². The molecule has 0 N–H and O–H groups in total. The standard InChI is InChI=1S/C12H18O2/c1-9(13)14-12-7-6-10-4-2-3-5-11(10)8-12/h6-7,10-12H,2-5,8H2,1H3. The van der Waals surface area contributed by atoms with Gasteiger partial charge in [-0.1, -0.05) is 18.9 Å². The highest BCUT2D eigenvalue weighted by molar-refractivity contribution is 5.66. The lowest BCUT2D eigenvalue weighted by atomic mass is 9.73. The van der Waals surface area contributed by atoms with E-state index in [4.69, 9.17) is 4.74 Å². The molecule has 0 bridgehead atoms. The van der Waals surface area contributed by atoms with E-state index in [0.29, 0.717) is 0 Å². The second-order valence-corrected chi connectivity index (χ2v) is 4.48. The van der Waals surface area contributed by atoms with Crippen LogP contribution in [0.2, 0.25) is 0 Å². The smallest absolute Gasteiger partial charge is 0.303 e. The zero-order chi connectivity index (χ0) is 9.97. The molecule has 0 aromatic rings. The summed E-state index contributed by atoms with van der Waals surface area (Å²) in [6.45, 7) is 1.49. The summed E-state index contributed by atoms with van der Waals surface area (Å²) >= 11 is 0. The molecule has 2 nitrogen and oxygen atoms in total. The summed E-state index contributed by atoms with van der Waals surface area (Å²) < 4.78 is 5.21. The fraction of sp³-hybridized carbons (Fsp3) is 0.750. The predicted molar refractivity (Wildman–Crippen MR) is 54.8 cm³/mol. The summed E-state index contributed by atoms with van der Waals surface area (Å²) in [5.74, 6) is 1.36. The van der Waals surface area contributed by atoms with E-state index in [1.165, 1.54) is 32.6 Å². The molecule has 0 amide bonds. The molecule has 0 saturated heterocycles. The Morgan fingerprint density at radius 3 is 2.86 bits per heavy atom. The fourth-order valence-electron chi connectivity index (χ4n) is 2.73. The van der Waals surface area contributed by atoms with E-state index in [-0.39, 0.29) is 12.1 Å². The van der Waals surface area contributed by atoms with E-state index >= 15 is 0 Å². The quantitative estimate of drug-likeness (QED) is 0.474. The molecule has 0 heterocycles. The number of ether oxygens (including phenoxy) is 1. The topological polar surface area (TPSA) is 26.3 Å². The van der Waals surface area contributed by atoms with Gasteiger partial charge >= 0.3 is 5.97 Å². The number of hydrogen-bond donors (Lipinski definition) is 0. The molecule has 1 fully saturated rings. The Balaban J connectivity index is 1.95. The van der Waals surface area contributed by atoms with Crippen molar-refractivity contribution in [1.29, 1.82) is 0 Å². The Hall–Kier alpha value is -0.790. The highest BCUT2D eigenvalue weighted by Crippen LogP contribution is 2.37. The van der Waals surface area contributed by atoms with Crippen LogP contribution in [0.15, 0.2) is 12.2 Å². The van der Waals surface area contributed by atoms with Crippen molar-refractivity contribution < 1.29 is 9.53 Å². The molecule has 2 heteroatoms. The first-order chi connectivity index (χ1) is 6.75. The van der Waals surface area contributed by atoms with Gasteiger partial charge in [0.1, 0.15) is 6.10 Å². The maximum Gasteiger partial charge on any atom is 0.303 e. The second kappa shape index (κ2) is 4.16. The highest BCUT2D eigenvalue weighted by atomic mass is 16.5. The second-order valence-electron chi connectivity index (χ2n) is 4.48. The lowest BCUT2D eigenvalue weighted by molar-refractivity contribution is -0.145. The molecule has 0 aliphatic heterocycles. The van der Waals surface area contributed by atoms with E-state index < -0.39 is 0 Å². The van der Waals surface area contributed by atoms with Crippen LogP contribution < -0.4 is 0 Å². The minimum Gasteiger partial charge on any atom is -0.458 e. The third-order valence-electron chi connectivity index (χ3n) is 3.39. The number of rotatable bonds is 1. The average molecular weight is 194 g/mol. The molecule has 2 aliphatic rings. The van der Waals surface area contributed by atoms with Crippen LogP contribution in [-0.4, -0.2) is 12.1 Å². The van der Waals surface area contributed by atoms with Gasteiger partial charge in [-0.05, 0) is 37.2 Å². The van der Waals surface area contributed by atoms with Crippen LogP contribution in [0.5, 0.6) is 0 Å². The first-order valence-electron chi connectivity index (χ1n) is 5.61. The number of fused-ring (bicyclic) bond motifs is 1. The van der Waals surface area contributed by atoms with Crippen LogP contribution in [-0.2, 0) is 9.53 Å². The van der Waals surface area contributed by atoms with Crippen molar-refractivity contribution in [2.75, 3.05) is 0 Å². The molecule has 2 rings (SSSR count). The van der Waals surface area contributed by atoms with Gasteiger partial charge in [-0.15, -0.1) is 0 Å². The summed E-state index contributed by atoms with van der Waals surface area (Å²) in [7, 11) is 0. The average Bonchev–Trinajstić information content (AvgIpc) is 2.17. The number of carbonyl (C=O) groups excluding carboxylic acids is 1. The Morgan fingerprint density at radius 1 is 1.29 bits per heavy atom. The molecule has 0 aromatic heterocycles. The minimum atomic E-state index is -0.158. The van der Waals surface area contributed by atoms with Gasteiger partial charge in [-0.3, -0.25) is 4.79 Å². The summed E-state index contributed by atoms with van der Waals surface area (Å²) in [5.41, 5.74) is 0. The summed E-state index contributed by atoms with van der Waals surface area (Å²) in [4.78, 5) is 10.8. The fourth-order valence-corrected chi connectivity index (χ4v) is 2.73. The van der Waals surface area contributed by atoms with Crippen LogP contribution in [0.4, 0.5) is 0 Å². The Labute approximate surface area is 85.3 Å². The molecular weight excluding hydrogens is 176 g/mol. The van der Waals surface area contributed by atoms with Crippen molar-refractivity contribution in [2.24, 2.45) is 11.8 Å². The predicted octanol–water partition coefficient (Wildman–Crippen LogP) is 2.68. The van der Waals surface area contributed by atoms with Crippen molar-refractivity contribution in [3.8, 4) is 0 Å². The van der Waals surface area contributed by atoms with Crippen LogP contribution in [0.3, 0.4) is 0 Å². The molecule has 2 aliphatic carbocycles. The largest absolute Gasteiger partial charge is 0.458 e. The van der Waals surface area contributed by atoms with Gasteiger partial charge in [0, 0.05) is 6.92 Å². The van der Waals surface area contributed by atoms with E-state index in [1.54, 1.807) is 0 Å². The van der Waals surface area contributed by atoms with Crippen LogP contribution in [0.25, 0.3) is 0 Å². The van der Waals surface area contributed by atoms with Crippen molar-refractivity contribution in [3.63, 3.8) is 0 Å². The normalized spacial score (nSPS) is 36.2. The van der Waals surface area contributed by atoms with Gasteiger partial charge in [0.2, 0.25) is 0 Å².